The van der Waals surface area contributed by atoms with Crippen molar-refractivity contribution in [2.45, 2.75) is 46.2 Å². The van der Waals surface area contributed by atoms with Gasteiger partial charge in [0.05, 0.1) is 13.1 Å². The molecule has 0 atom stereocenters. The number of pyridine rings is 1. The summed E-state index contributed by atoms with van der Waals surface area (Å²) in [4.78, 5) is 7.26. The number of fused-ring (bicyclic) bond motifs is 2. The van der Waals surface area contributed by atoms with E-state index in [2.05, 4.69) is 45.7 Å². The maximum Gasteiger partial charge on any atom is 0.191 e. The zero-order chi connectivity index (χ0) is 18.9. The molecule has 7 heteroatoms. The molecule has 2 N–H and O–H groups in total. The zero-order valence-corrected chi connectivity index (χ0v) is 16.9. The Morgan fingerprint density at radius 1 is 1.26 bits per heavy atom. The van der Waals surface area contributed by atoms with Gasteiger partial charge >= 0.3 is 0 Å². The minimum atomic E-state index is 0.428. The third kappa shape index (κ3) is 3.98. The van der Waals surface area contributed by atoms with Crippen molar-refractivity contribution in [3.05, 3.63) is 51.6 Å². The average molecular weight is 383 g/mol. The van der Waals surface area contributed by atoms with Crippen LogP contribution in [0.5, 0.6) is 0 Å². The van der Waals surface area contributed by atoms with Crippen molar-refractivity contribution in [1.29, 1.82) is 0 Å². The lowest BCUT2D eigenvalue weighted by Gasteiger charge is -2.29. The zero-order valence-electron chi connectivity index (χ0n) is 16.1. The Labute approximate surface area is 163 Å². The molecular weight excluding hydrogens is 356 g/mol. The summed E-state index contributed by atoms with van der Waals surface area (Å²) in [6, 6.07) is 8.26. The largest absolute Gasteiger partial charge is 0.352 e. The molecule has 3 aromatic heterocycles. The number of aromatic nitrogens is 3. The van der Waals surface area contributed by atoms with E-state index >= 15 is 0 Å². The molecular formula is C20H26N6S. The second-order valence-electron chi connectivity index (χ2n) is 7.83. The van der Waals surface area contributed by atoms with Gasteiger partial charge in [0.25, 0.3) is 0 Å². The van der Waals surface area contributed by atoms with Crippen molar-refractivity contribution in [3.8, 4) is 0 Å². The average Bonchev–Trinajstić information content (AvgIpc) is 3.24. The first kappa shape index (κ1) is 18.0. The van der Waals surface area contributed by atoms with Gasteiger partial charge in [0.1, 0.15) is 0 Å². The fourth-order valence-corrected chi connectivity index (χ4v) is 4.73. The molecule has 0 bridgehead atoms. The lowest BCUT2D eigenvalue weighted by atomic mass is 9.77. The molecule has 0 amide bonds. The molecule has 0 unspecified atom stereocenters. The van der Waals surface area contributed by atoms with Crippen LogP contribution < -0.4 is 10.6 Å². The third-order valence-corrected chi connectivity index (χ3v) is 6.33. The van der Waals surface area contributed by atoms with Gasteiger partial charge in [-0.05, 0) is 48.4 Å². The second kappa shape index (κ2) is 7.31. The SMILES string of the molecule is CN=C(NCc1cc2c(s1)CCC(C)(C)C2)NCc1nnc2ccccn12. The van der Waals surface area contributed by atoms with E-state index < -0.39 is 0 Å². The molecule has 3 aromatic rings. The van der Waals surface area contributed by atoms with Gasteiger partial charge < -0.3 is 10.6 Å². The van der Waals surface area contributed by atoms with Crippen LogP contribution in [0.4, 0.5) is 0 Å². The number of thiophene rings is 1. The van der Waals surface area contributed by atoms with Crippen LogP contribution in [0, 0.1) is 5.41 Å². The van der Waals surface area contributed by atoms with Crippen molar-refractivity contribution < 1.29 is 0 Å². The quantitative estimate of drug-likeness (QED) is 0.537. The Hall–Kier alpha value is -2.41. The highest BCUT2D eigenvalue weighted by molar-refractivity contribution is 7.12. The lowest BCUT2D eigenvalue weighted by molar-refractivity contribution is 0.318. The van der Waals surface area contributed by atoms with Crippen molar-refractivity contribution in [2.24, 2.45) is 10.4 Å². The van der Waals surface area contributed by atoms with Gasteiger partial charge in [-0.15, -0.1) is 21.5 Å². The Morgan fingerprint density at radius 2 is 2.11 bits per heavy atom. The van der Waals surface area contributed by atoms with Gasteiger partial charge in [-0.1, -0.05) is 19.9 Å². The molecule has 27 heavy (non-hydrogen) atoms. The van der Waals surface area contributed by atoms with E-state index in [0.29, 0.717) is 12.0 Å². The fraction of sp³-hybridized carbons (Fsp3) is 0.450. The molecule has 0 radical (unpaired) electrons. The van der Waals surface area contributed by atoms with Crippen LogP contribution in [0.15, 0.2) is 35.5 Å². The predicted octanol–water partition coefficient (Wildman–Crippen LogP) is 3.17. The van der Waals surface area contributed by atoms with Crippen LogP contribution in [0.2, 0.25) is 0 Å². The highest BCUT2D eigenvalue weighted by Gasteiger charge is 2.26. The maximum absolute atomic E-state index is 4.33. The molecule has 0 spiro atoms. The standard InChI is InChI=1S/C20H26N6S/c1-20(2)8-7-16-14(11-20)10-15(27-16)12-22-19(21-3)23-13-18-25-24-17-6-4-5-9-26(17)18/h4-6,9-10H,7-8,11-13H2,1-3H3,(H2,21,22,23). The van der Waals surface area contributed by atoms with E-state index in [9.17, 15) is 0 Å². The van der Waals surface area contributed by atoms with Crippen LogP contribution in [-0.2, 0) is 25.9 Å². The highest BCUT2D eigenvalue weighted by atomic mass is 32.1. The summed E-state index contributed by atoms with van der Waals surface area (Å²) in [5, 5.41) is 15.2. The van der Waals surface area contributed by atoms with Crippen LogP contribution in [-0.4, -0.2) is 27.6 Å². The van der Waals surface area contributed by atoms with Gasteiger partial charge in [0.2, 0.25) is 0 Å². The number of hydrogen-bond donors (Lipinski definition) is 2. The Balaban J connectivity index is 1.35. The van der Waals surface area contributed by atoms with Gasteiger partial charge in [0.15, 0.2) is 17.4 Å². The van der Waals surface area contributed by atoms with Gasteiger partial charge in [-0.3, -0.25) is 9.39 Å². The number of nitrogens with zero attached hydrogens (tertiary/aromatic N) is 4. The highest BCUT2D eigenvalue weighted by Crippen LogP contribution is 2.38. The van der Waals surface area contributed by atoms with Gasteiger partial charge in [-0.2, -0.15) is 0 Å². The minimum Gasteiger partial charge on any atom is -0.352 e. The number of guanidine groups is 1. The van der Waals surface area contributed by atoms with Crippen molar-refractivity contribution in [1.82, 2.24) is 25.2 Å². The summed E-state index contributed by atoms with van der Waals surface area (Å²) in [6.45, 7) is 6.09. The smallest absolute Gasteiger partial charge is 0.191 e. The molecule has 0 fully saturated rings. The molecule has 0 saturated heterocycles. The summed E-state index contributed by atoms with van der Waals surface area (Å²) in [7, 11) is 1.79. The van der Waals surface area contributed by atoms with Crippen molar-refractivity contribution >= 4 is 22.9 Å². The Bertz CT molecular complexity index is 968. The number of aliphatic imine (C=N–C) groups is 1. The van der Waals surface area contributed by atoms with E-state index in [0.717, 1.165) is 24.0 Å². The first-order chi connectivity index (χ1) is 13.0. The molecule has 0 aliphatic heterocycles. The first-order valence-electron chi connectivity index (χ1n) is 9.38. The third-order valence-electron chi connectivity index (χ3n) is 5.10. The summed E-state index contributed by atoms with van der Waals surface area (Å²) in [5.41, 5.74) is 2.81. The number of aryl methyl sites for hydroxylation is 1. The monoisotopic (exact) mass is 382 g/mol. The number of hydrogen-bond acceptors (Lipinski definition) is 4. The van der Waals surface area contributed by atoms with E-state index in [1.165, 1.54) is 29.7 Å². The number of rotatable bonds is 4. The van der Waals surface area contributed by atoms with Crippen LogP contribution in [0.25, 0.3) is 5.65 Å². The van der Waals surface area contributed by atoms with Crippen LogP contribution in [0.1, 0.15) is 41.4 Å². The molecule has 4 rings (SSSR count). The topological polar surface area (TPSA) is 66.6 Å². The maximum atomic E-state index is 4.33. The van der Waals surface area contributed by atoms with E-state index in [4.69, 9.17) is 0 Å². The predicted molar refractivity (Wildman–Crippen MR) is 110 cm³/mol. The van der Waals surface area contributed by atoms with Gasteiger partial charge in [-0.25, -0.2) is 0 Å². The summed E-state index contributed by atoms with van der Waals surface area (Å²) < 4.78 is 1.98. The normalized spacial score (nSPS) is 16.3. The van der Waals surface area contributed by atoms with Crippen molar-refractivity contribution in [3.63, 3.8) is 0 Å². The summed E-state index contributed by atoms with van der Waals surface area (Å²) in [5.74, 6) is 1.64. The molecule has 6 nitrogen and oxygen atoms in total. The molecule has 1 aliphatic carbocycles. The Kier molecular flexibility index (Phi) is 4.86. The summed E-state index contributed by atoms with van der Waals surface area (Å²) >= 11 is 1.93. The molecule has 1 aliphatic rings. The van der Waals surface area contributed by atoms with Crippen molar-refractivity contribution in [2.75, 3.05) is 7.05 Å². The summed E-state index contributed by atoms with van der Waals surface area (Å²) in [6.07, 6.45) is 5.65. The first-order valence-corrected chi connectivity index (χ1v) is 10.2. The number of nitrogens with one attached hydrogen (secondary N) is 2. The van der Waals surface area contributed by atoms with Crippen LogP contribution in [0.3, 0.4) is 0 Å². The second-order valence-corrected chi connectivity index (χ2v) is 9.05. The van der Waals surface area contributed by atoms with Crippen LogP contribution >= 0.6 is 11.3 Å². The van der Waals surface area contributed by atoms with E-state index in [-0.39, 0.29) is 0 Å². The van der Waals surface area contributed by atoms with E-state index in [1.807, 2.05) is 40.1 Å². The molecule has 0 aromatic carbocycles. The van der Waals surface area contributed by atoms with Gasteiger partial charge in [0, 0.05) is 23.0 Å². The molecule has 142 valence electrons. The minimum absolute atomic E-state index is 0.428. The van der Waals surface area contributed by atoms with E-state index in [1.54, 1.807) is 11.9 Å². The molecule has 3 heterocycles. The fourth-order valence-electron chi connectivity index (χ4n) is 3.60. The lowest BCUT2D eigenvalue weighted by Crippen LogP contribution is -2.36. The Morgan fingerprint density at radius 3 is 2.96 bits per heavy atom. The molecule has 0 saturated carbocycles.